The molecule has 3 fully saturated rings. The van der Waals surface area contributed by atoms with E-state index in [-0.39, 0.29) is 18.2 Å². The van der Waals surface area contributed by atoms with Crippen LogP contribution < -0.4 is 9.47 Å². The Hall–Kier alpha value is -1.75. The van der Waals surface area contributed by atoms with E-state index in [1.165, 1.54) is 12.8 Å². The van der Waals surface area contributed by atoms with E-state index in [0.29, 0.717) is 17.4 Å². The third-order valence-electron chi connectivity index (χ3n) is 5.01. The van der Waals surface area contributed by atoms with Crippen molar-refractivity contribution in [2.45, 2.75) is 38.8 Å². The van der Waals surface area contributed by atoms with Crippen LogP contribution in [-0.4, -0.2) is 54.7 Å². The molecule has 1 unspecified atom stereocenters. The molecule has 3 heterocycles. The van der Waals surface area contributed by atoms with E-state index >= 15 is 0 Å². The van der Waals surface area contributed by atoms with Crippen LogP contribution in [0.2, 0.25) is 0 Å². The molecule has 0 aromatic heterocycles. The molecule has 1 aromatic rings. The van der Waals surface area contributed by atoms with E-state index in [2.05, 4.69) is 18.7 Å². The second kappa shape index (κ2) is 6.79. The summed E-state index contributed by atoms with van der Waals surface area (Å²) >= 11 is 0. The maximum absolute atomic E-state index is 12.8. The number of amides is 1. The number of para-hydroxylation sites is 2. The predicted molar refractivity (Wildman–Crippen MR) is 88.9 cm³/mol. The molecule has 3 saturated heterocycles. The van der Waals surface area contributed by atoms with Gasteiger partial charge in [-0.1, -0.05) is 12.1 Å². The zero-order valence-electron chi connectivity index (χ0n) is 14.2. The first kappa shape index (κ1) is 16.1. The number of piperidine rings is 3. The third-order valence-corrected chi connectivity index (χ3v) is 5.01. The van der Waals surface area contributed by atoms with Crippen molar-refractivity contribution in [1.29, 1.82) is 0 Å². The Morgan fingerprint density at radius 2 is 1.87 bits per heavy atom. The average Bonchev–Trinajstić information content (AvgIpc) is 2.56. The Morgan fingerprint density at radius 1 is 1.22 bits per heavy atom. The summed E-state index contributed by atoms with van der Waals surface area (Å²) in [6.07, 6.45) is 2.08. The Kier molecular flexibility index (Phi) is 4.76. The first-order valence-corrected chi connectivity index (χ1v) is 8.45. The van der Waals surface area contributed by atoms with Crippen molar-refractivity contribution in [2.75, 3.05) is 26.7 Å². The van der Waals surface area contributed by atoms with Crippen molar-refractivity contribution >= 4 is 6.09 Å². The highest BCUT2D eigenvalue weighted by molar-refractivity contribution is 5.72. The minimum atomic E-state index is -0.275. The zero-order chi connectivity index (χ0) is 16.4. The average molecular weight is 318 g/mol. The maximum Gasteiger partial charge on any atom is 0.415 e. The number of ether oxygens (including phenoxy) is 2. The van der Waals surface area contributed by atoms with Crippen LogP contribution in [0.1, 0.15) is 26.7 Å². The van der Waals surface area contributed by atoms with Crippen LogP contribution >= 0.6 is 0 Å². The summed E-state index contributed by atoms with van der Waals surface area (Å²) in [5.41, 5.74) is 0. The minimum Gasteiger partial charge on any atom is -0.493 e. The number of fused-ring (bicyclic) bond motifs is 3. The van der Waals surface area contributed by atoms with Crippen molar-refractivity contribution in [3.63, 3.8) is 0 Å². The molecule has 4 rings (SSSR count). The minimum absolute atomic E-state index is 0.114. The summed E-state index contributed by atoms with van der Waals surface area (Å²) in [7, 11) is 1.58. The van der Waals surface area contributed by atoms with Gasteiger partial charge in [0.05, 0.1) is 13.2 Å². The Bertz CT molecular complexity index is 553. The van der Waals surface area contributed by atoms with Crippen LogP contribution in [-0.2, 0) is 0 Å². The first-order valence-electron chi connectivity index (χ1n) is 8.45. The molecule has 1 aromatic carbocycles. The molecule has 0 spiro atoms. The Balaban J connectivity index is 1.77. The summed E-state index contributed by atoms with van der Waals surface area (Å²) in [6, 6.07) is 7.65. The highest BCUT2D eigenvalue weighted by Gasteiger charge is 2.41. The van der Waals surface area contributed by atoms with Gasteiger partial charge in [-0.15, -0.1) is 0 Å². The molecule has 5 heteroatoms. The van der Waals surface area contributed by atoms with Crippen molar-refractivity contribution in [1.82, 2.24) is 9.80 Å². The number of methoxy groups -OCH3 is 1. The van der Waals surface area contributed by atoms with E-state index in [0.717, 1.165) is 19.6 Å². The second-order valence-corrected chi connectivity index (χ2v) is 6.73. The van der Waals surface area contributed by atoms with Gasteiger partial charge in [-0.3, -0.25) is 0 Å². The number of nitrogens with zero attached hydrogens (tertiary/aromatic N) is 2. The molecule has 2 bridgehead atoms. The molecular formula is C18H26N2O3. The SMILES string of the molecule is COc1ccccc1OC(=O)N(C(C)C)C1CN2CCC1CC2. The number of rotatable bonds is 4. The molecule has 3 aliphatic rings. The molecule has 0 saturated carbocycles. The van der Waals surface area contributed by atoms with Gasteiger partial charge < -0.3 is 19.3 Å². The standard InChI is InChI=1S/C18H26N2O3/c1-13(2)20(15-12-19-10-8-14(15)9-11-19)18(21)23-17-7-5-4-6-16(17)22-3/h4-7,13-15H,8-12H2,1-3H3. The monoisotopic (exact) mass is 318 g/mol. The predicted octanol–water partition coefficient (Wildman–Crippen LogP) is 3.00. The lowest BCUT2D eigenvalue weighted by Crippen LogP contribution is -2.60. The van der Waals surface area contributed by atoms with Gasteiger partial charge in [0.15, 0.2) is 11.5 Å². The number of benzene rings is 1. The van der Waals surface area contributed by atoms with Crippen LogP contribution in [0.25, 0.3) is 0 Å². The van der Waals surface area contributed by atoms with Crippen LogP contribution in [0.15, 0.2) is 24.3 Å². The van der Waals surface area contributed by atoms with Crippen LogP contribution in [0.4, 0.5) is 4.79 Å². The summed E-state index contributed by atoms with van der Waals surface area (Å²) in [5, 5.41) is 0. The molecule has 0 radical (unpaired) electrons. The van der Waals surface area contributed by atoms with Gasteiger partial charge in [-0.2, -0.15) is 0 Å². The van der Waals surface area contributed by atoms with E-state index in [1.807, 2.05) is 17.0 Å². The largest absolute Gasteiger partial charge is 0.493 e. The lowest BCUT2D eigenvalue weighted by molar-refractivity contribution is 0.00116. The van der Waals surface area contributed by atoms with Gasteiger partial charge in [0.1, 0.15) is 0 Å². The van der Waals surface area contributed by atoms with Crippen LogP contribution in [0.3, 0.4) is 0 Å². The van der Waals surface area contributed by atoms with Crippen molar-refractivity contribution in [2.24, 2.45) is 5.92 Å². The summed E-state index contributed by atoms with van der Waals surface area (Å²) < 4.78 is 10.9. The topological polar surface area (TPSA) is 42.0 Å². The third kappa shape index (κ3) is 3.29. The number of hydrogen-bond acceptors (Lipinski definition) is 4. The fourth-order valence-corrected chi connectivity index (χ4v) is 3.83. The molecule has 23 heavy (non-hydrogen) atoms. The highest BCUT2D eigenvalue weighted by Crippen LogP contribution is 2.33. The molecule has 5 nitrogen and oxygen atoms in total. The molecule has 1 atom stereocenters. The van der Waals surface area contributed by atoms with E-state index in [9.17, 15) is 4.79 Å². The fourth-order valence-electron chi connectivity index (χ4n) is 3.83. The number of hydrogen-bond donors (Lipinski definition) is 0. The van der Waals surface area contributed by atoms with E-state index in [4.69, 9.17) is 9.47 Å². The summed E-state index contributed by atoms with van der Waals surface area (Å²) in [5.74, 6) is 1.65. The van der Waals surface area contributed by atoms with Crippen LogP contribution in [0, 0.1) is 5.92 Å². The van der Waals surface area contributed by atoms with E-state index < -0.39 is 0 Å². The lowest BCUT2D eigenvalue weighted by atomic mass is 9.83. The number of carbonyl (C=O) groups excluding carboxylic acids is 1. The zero-order valence-corrected chi connectivity index (χ0v) is 14.2. The van der Waals surface area contributed by atoms with Crippen molar-refractivity contribution in [3.8, 4) is 11.5 Å². The van der Waals surface area contributed by atoms with Gasteiger partial charge in [0.25, 0.3) is 0 Å². The summed E-state index contributed by atoms with van der Waals surface area (Å²) in [4.78, 5) is 17.2. The number of carbonyl (C=O) groups is 1. The highest BCUT2D eigenvalue weighted by atomic mass is 16.6. The molecule has 1 amide bonds. The maximum atomic E-state index is 12.8. The smallest absolute Gasteiger partial charge is 0.415 e. The Labute approximate surface area is 138 Å². The van der Waals surface area contributed by atoms with Gasteiger partial charge in [-0.25, -0.2) is 4.79 Å². The molecule has 0 aliphatic carbocycles. The molecule has 0 N–H and O–H groups in total. The molecular weight excluding hydrogens is 292 g/mol. The quantitative estimate of drug-likeness (QED) is 0.856. The normalized spacial score (nSPS) is 26.2. The van der Waals surface area contributed by atoms with Gasteiger partial charge in [-0.05, 0) is 57.8 Å². The van der Waals surface area contributed by atoms with Crippen LogP contribution in [0.5, 0.6) is 11.5 Å². The molecule has 3 aliphatic heterocycles. The lowest BCUT2D eigenvalue weighted by Gasteiger charge is -2.49. The van der Waals surface area contributed by atoms with Gasteiger partial charge in [0, 0.05) is 12.6 Å². The van der Waals surface area contributed by atoms with Gasteiger partial charge in [0.2, 0.25) is 0 Å². The van der Waals surface area contributed by atoms with Gasteiger partial charge >= 0.3 is 6.09 Å². The second-order valence-electron chi connectivity index (χ2n) is 6.73. The van der Waals surface area contributed by atoms with Crippen molar-refractivity contribution < 1.29 is 14.3 Å². The first-order chi connectivity index (χ1) is 11.1. The van der Waals surface area contributed by atoms with Crippen molar-refractivity contribution in [3.05, 3.63) is 24.3 Å². The Morgan fingerprint density at radius 3 is 2.39 bits per heavy atom. The fraction of sp³-hybridized carbons (Fsp3) is 0.611. The summed E-state index contributed by atoms with van der Waals surface area (Å²) in [6.45, 7) is 7.40. The molecule has 126 valence electrons. The van der Waals surface area contributed by atoms with E-state index in [1.54, 1.807) is 19.2 Å².